The van der Waals surface area contributed by atoms with Gasteiger partial charge in [0.15, 0.2) is 0 Å². The van der Waals surface area contributed by atoms with Gasteiger partial charge < -0.3 is 5.11 Å². The van der Waals surface area contributed by atoms with Crippen LogP contribution in [-0.4, -0.2) is 29.7 Å². The minimum Gasteiger partial charge on any atom is -0.396 e. The van der Waals surface area contributed by atoms with Crippen LogP contribution in [0.4, 0.5) is 0 Å². The summed E-state index contributed by atoms with van der Waals surface area (Å²) < 4.78 is 0. The monoisotopic (exact) mass is 279 g/mol. The number of likely N-dealkylation sites (tertiary alicyclic amines) is 1. The molecule has 2 heterocycles. The zero-order chi connectivity index (χ0) is 13.1. The Hall–Kier alpha value is -0.380. The molecule has 1 saturated heterocycles. The fourth-order valence-electron chi connectivity index (χ4n) is 3.92. The van der Waals surface area contributed by atoms with Gasteiger partial charge in [0.1, 0.15) is 0 Å². The Labute approximate surface area is 120 Å². The van der Waals surface area contributed by atoms with Crippen LogP contribution in [-0.2, 0) is 5.54 Å². The fourth-order valence-corrected chi connectivity index (χ4v) is 4.93. The third kappa shape index (κ3) is 2.61. The topological polar surface area (TPSA) is 23.5 Å². The summed E-state index contributed by atoms with van der Waals surface area (Å²) >= 11 is 1.93. The summed E-state index contributed by atoms with van der Waals surface area (Å²) in [7, 11) is 0. The SMILES string of the molecule is OCC1CCC(c2cccs2)(N2CCCCC2)CC1. The highest BCUT2D eigenvalue weighted by atomic mass is 32.1. The number of nitrogens with zero attached hydrogens (tertiary/aromatic N) is 1. The number of rotatable bonds is 3. The van der Waals surface area contributed by atoms with Gasteiger partial charge in [0, 0.05) is 11.5 Å². The number of thiophene rings is 1. The number of aliphatic hydroxyl groups is 1. The molecule has 106 valence electrons. The van der Waals surface area contributed by atoms with Crippen LogP contribution in [0.25, 0.3) is 0 Å². The predicted octanol–water partition coefficient (Wildman–Crippen LogP) is 3.61. The molecule has 2 nitrogen and oxygen atoms in total. The normalized spacial score (nSPS) is 33.4. The predicted molar refractivity (Wildman–Crippen MR) is 80.5 cm³/mol. The van der Waals surface area contributed by atoms with E-state index in [0.717, 1.165) is 0 Å². The highest BCUT2D eigenvalue weighted by molar-refractivity contribution is 7.10. The summed E-state index contributed by atoms with van der Waals surface area (Å²) in [6.45, 7) is 2.91. The van der Waals surface area contributed by atoms with E-state index in [-0.39, 0.29) is 0 Å². The van der Waals surface area contributed by atoms with Gasteiger partial charge in [-0.05, 0) is 69.0 Å². The second kappa shape index (κ2) is 5.94. The van der Waals surface area contributed by atoms with Crippen molar-refractivity contribution in [3.05, 3.63) is 22.4 Å². The van der Waals surface area contributed by atoms with Crippen molar-refractivity contribution in [2.45, 2.75) is 50.5 Å². The van der Waals surface area contributed by atoms with Crippen molar-refractivity contribution in [3.8, 4) is 0 Å². The van der Waals surface area contributed by atoms with E-state index in [4.69, 9.17) is 0 Å². The summed E-state index contributed by atoms with van der Waals surface area (Å²) in [5.74, 6) is 0.540. The molecule has 0 amide bonds. The average molecular weight is 279 g/mol. The maximum atomic E-state index is 9.39. The maximum Gasteiger partial charge on any atom is 0.0553 e. The van der Waals surface area contributed by atoms with E-state index in [1.54, 1.807) is 4.88 Å². The van der Waals surface area contributed by atoms with Crippen LogP contribution < -0.4 is 0 Å². The van der Waals surface area contributed by atoms with Gasteiger partial charge in [0.05, 0.1) is 5.54 Å². The Kier molecular flexibility index (Phi) is 4.25. The molecule has 1 N–H and O–H groups in total. The lowest BCUT2D eigenvalue weighted by Gasteiger charge is -2.49. The molecular formula is C16H25NOS. The first-order valence-electron chi connectivity index (χ1n) is 7.75. The van der Waals surface area contributed by atoms with Gasteiger partial charge >= 0.3 is 0 Å². The molecule has 1 aromatic rings. The minimum atomic E-state index is 0.292. The van der Waals surface area contributed by atoms with Gasteiger partial charge in [-0.25, -0.2) is 0 Å². The number of hydrogen-bond acceptors (Lipinski definition) is 3. The Bertz CT molecular complexity index is 375. The molecule has 1 aliphatic carbocycles. The molecule has 2 aliphatic rings. The second-order valence-corrected chi connectivity index (χ2v) is 7.13. The van der Waals surface area contributed by atoms with Crippen LogP contribution in [0, 0.1) is 5.92 Å². The Morgan fingerprint density at radius 3 is 2.53 bits per heavy atom. The molecule has 1 saturated carbocycles. The van der Waals surface area contributed by atoms with Crippen molar-refractivity contribution in [1.82, 2.24) is 4.90 Å². The van der Waals surface area contributed by atoms with Crippen molar-refractivity contribution in [3.63, 3.8) is 0 Å². The van der Waals surface area contributed by atoms with Crippen LogP contribution in [0.15, 0.2) is 17.5 Å². The van der Waals surface area contributed by atoms with Crippen molar-refractivity contribution >= 4 is 11.3 Å². The van der Waals surface area contributed by atoms with Gasteiger partial charge in [0.2, 0.25) is 0 Å². The summed E-state index contributed by atoms with van der Waals surface area (Å²) in [5.41, 5.74) is 0.292. The van der Waals surface area contributed by atoms with Crippen molar-refractivity contribution in [1.29, 1.82) is 0 Å². The molecule has 1 aliphatic heterocycles. The molecule has 1 aromatic heterocycles. The van der Waals surface area contributed by atoms with Crippen molar-refractivity contribution in [2.24, 2.45) is 5.92 Å². The van der Waals surface area contributed by atoms with E-state index < -0.39 is 0 Å². The lowest BCUT2D eigenvalue weighted by molar-refractivity contribution is 0.0118. The quantitative estimate of drug-likeness (QED) is 0.913. The molecule has 0 bridgehead atoms. The second-order valence-electron chi connectivity index (χ2n) is 6.18. The molecule has 0 atom stereocenters. The molecule has 3 heteroatoms. The minimum absolute atomic E-state index is 0.292. The first-order chi connectivity index (χ1) is 9.35. The van der Waals surface area contributed by atoms with E-state index in [1.807, 2.05) is 11.3 Å². The maximum absolute atomic E-state index is 9.39. The summed E-state index contributed by atoms with van der Waals surface area (Å²) in [6.07, 6.45) is 8.96. The fraction of sp³-hybridized carbons (Fsp3) is 0.750. The zero-order valence-corrected chi connectivity index (χ0v) is 12.5. The van der Waals surface area contributed by atoms with E-state index in [9.17, 15) is 5.11 Å². The van der Waals surface area contributed by atoms with E-state index in [0.29, 0.717) is 18.1 Å². The lowest BCUT2D eigenvalue weighted by atomic mass is 9.74. The molecule has 0 unspecified atom stereocenters. The summed E-state index contributed by atoms with van der Waals surface area (Å²) in [4.78, 5) is 4.32. The molecule has 2 fully saturated rings. The van der Waals surface area contributed by atoms with Crippen molar-refractivity contribution < 1.29 is 5.11 Å². The van der Waals surface area contributed by atoms with Crippen LogP contribution in [0.5, 0.6) is 0 Å². The average Bonchev–Trinajstić information content (AvgIpc) is 3.03. The van der Waals surface area contributed by atoms with E-state index in [2.05, 4.69) is 22.4 Å². The summed E-state index contributed by atoms with van der Waals surface area (Å²) in [5, 5.41) is 11.6. The van der Waals surface area contributed by atoms with Gasteiger partial charge in [-0.15, -0.1) is 11.3 Å². The van der Waals surface area contributed by atoms with E-state index in [1.165, 1.54) is 58.0 Å². The Morgan fingerprint density at radius 2 is 1.95 bits per heavy atom. The Morgan fingerprint density at radius 1 is 1.21 bits per heavy atom. The molecule has 19 heavy (non-hydrogen) atoms. The largest absolute Gasteiger partial charge is 0.396 e. The highest BCUT2D eigenvalue weighted by Crippen LogP contribution is 2.46. The lowest BCUT2D eigenvalue weighted by Crippen LogP contribution is -2.50. The third-order valence-electron chi connectivity index (χ3n) is 5.13. The molecular weight excluding hydrogens is 254 g/mol. The van der Waals surface area contributed by atoms with Crippen LogP contribution >= 0.6 is 11.3 Å². The number of aliphatic hydroxyl groups excluding tert-OH is 1. The van der Waals surface area contributed by atoms with Gasteiger partial charge in [-0.3, -0.25) is 4.90 Å². The van der Waals surface area contributed by atoms with Crippen LogP contribution in [0.2, 0.25) is 0 Å². The smallest absolute Gasteiger partial charge is 0.0553 e. The van der Waals surface area contributed by atoms with Crippen molar-refractivity contribution in [2.75, 3.05) is 19.7 Å². The van der Waals surface area contributed by atoms with Crippen LogP contribution in [0.1, 0.15) is 49.8 Å². The van der Waals surface area contributed by atoms with Gasteiger partial charge in [-0.2, -0.15) is 0 Å². The van der Waals surface area contributed by atoms with E-state index >= 15 is 0 Å². The number of piperidine rings is 1. The molecule has 0 radical (unpaired) electrons. The highest BCUT2D eigenvalue weighted by Gasteiger charge is 2.42. The van der Waals surface area contributed by atoms with Gasteiger partial charge in [-0.1, -0.05) is 12.5 Å². The Balaban J connectivity index is 1.84. The van der Waals surface area contributed by atoms with Gasteiger partial charge in [0.25, 0.3) is 0 Å². The molecule has 3 rings (SSSR count). The zero-order valence-electron chi connectivity index (χ0n) is 11.7. The third-order valence-corrected chi connectivity index (χ3v) is 6.19. The molecule has 0 spiro atoms. The standard InChI is InChI=1S/C16H25NOS/c18-13-14-6-8-16(9-7-14,15-5-4-12-19-15)17-10-2-1-3-11-17/h4-5,12,14,18H,1-3,6-11,13H2. The summed E-state index contributed by atoms with van der Waals surface area (Å²) in [6, 6.07) is 4.53. The molecule has 0 aromatic carbocycles. The first-order valence-corrected chi connectivity index (χ1v) is 8.63. The first kappa shape index (κ1) is 13.6. The number of hydrogen-bond donors (Lipinski definition) is 1. The van der Waals surface area contributed by atoms with Crippen LogP contribution in [0.3, 0.4) is 0 Å².